The fraction of sp³-hybridized carbons (Fsp3) is 0.188. The molecule has 3 rings (SSSR count). The molecule has 0 unspecified atom stereocenters. The Kier molecular flexibility index (Phi) is 3.84. The number of benzene rings is 1. The summed E-state index contributed by atoms with van der Waals surface area (Å²) < 4.78 is 1.72. The number of H-pyrrole nitrogens is 1. The number of rotatable bonds is 3. The predicted molar refractivity (Wildman–Crippen MR) is 86.7 cm³/mol. The molecule has 2 heterocycles. The molecule has 118 valence electrons. The van der Waals surface area contributed by atoms with Crippen LogP contribution in [0.5, 0.6) is 0 Å². The first-order valence-electron chi connectivity index (χ1n) is 7.18. The molecule has 0 saturated heterocycles. The van der Waals surface area contributed by atoms with Crippen molar-refractivity contribution in [1.29, 1.82) is 0 Å². The second-order valence-corrected chi connectivity index (χ2v) is 5.30. The molecular formula is C16H17N5O2. The Balaban J connectivity index is 1.60. The Hall–Kier alpha value is -3.09. The van der Waals surface area contributed by atoms with E-state index in [1.165, 1.54) is 0 Å². The van der Waals surface area contributed by atoms with Crippen LogP contribution < -0.4 is 10.6 Å². The van der Waals surface area contributed by atoms with Crippen molar-refractivity contribution in [1.82, 2.24) is 20.1 Å². The topological polar surface area (TPSA) is 91.8 Å². The summed E-state index contributed by atoms with van der Waals surface area (Å²) in [7, 11) is 1.82. The molecule has 3 N–H and O–H groups in total. The molecule has 7 nitrogen and oxygen atoms in total. The third-order valence-corrected chi connectivity index (χ3v) is 3.79. The van der Waals surface area contributed by atoms with Crippen molar-refractivity contribution in [3.63, 3.8) is 0 Å². The van der Waals surface area contributed by atoms with Gasteiger partial charge in [0, 0.05) is 47.6 Å². The molecule has 0 bridgehead atoms. The lowest BCUT2D eigenvalue weighted by atomic mass is 10.2. The van der Waals surface area contributed by atoms with Gasteiger partial charge in [0.1, 0.15) is 0 Å². The Morgan fingerprint density at radius 2 is 2.09 bits per heavy atom. The number of nitrogens with one attached hydrogen (secondary N) is 3. The van der Waals surface area contributed by atoms with Gasteiger partial charge in [-0.3, -0.25) is 14.3 Å². The van der Waals surface area contributed by atoms with Crippen molar-refractivity contribution in [2.75, 3.05) is 5.32 Å². The van der Waals surface area contributed by atoms with Crippen LogP contribution in [0.4, 0.5) is 5.69 Å². The third kappa shape index (κ3) is 3.08. The maximum Gasteiger partial charge on any atom is 0.313 e. The molecule has 0 atom stereocenters. The molecule has 3 aromatic rings. The number of fused-ring (bicyclic) bond motifs is 1. The van der Waals surface area contributed by atoms with Gasteiger partial charge in [0.15, 0.2) is 0 Å². The van der Waals surface area contributed by atoms with Gasteiger partial charge in [-0.25, -0.2) is 0 Å². The Bertz CT molecular complexity index is 878. The summed E-state index contributed by atoms with van der Waals surface area (Å²) in [5.74, 6) is -1.37. The fourth-order valence-corrected chi connectivity index (χ4v) is 2.29. The molecule has 0 fully saturated rings. The average molecular weight is 311 g/mol. The van der Waals surface area contributed by atoms with Crippen LogP contribution in [0, 0.1) is 6.92 Å². The first-order valence-corrected chi connectivity index (χ1v) is 7.18. The van der Waals surface area contributed by atoms with Crippen LogP contribution in [0.2, 0.25) is 0 Å². The Morgan fingerprint density at radius 1 is 1.26 bits per heavy atom. The normalized spacial score (nSPS) is 10.7. The minimum Gasteiger partial charge on any atom is -0.361 e. The van der Waals surface area contributed by atoms with Gasteiger partial charge in [-0.15, -0.1) is 0 Å². The van der Waals surface area contributed by atoms with E-state index < -0.39 is 11.8 Å². The van der Waals surface area contributed by atoms with Gasteiger partial charge in [-0.2, -0.15) is 5.10 Å². The number of aromatic amines is 1. The number of anilines is 1. The van der Waals surface area contributed by atoms with E-state index in [-0.39, 0.29) is 6.54 Å². The molecule has 0 radical (unpaired) electrons. The summed E-state index contributed by atoms with van der Waals surface area (Å²) in [5, 5.41) is 10.2. The van der Waals surface area contributed by atoms with Crippen LogP contribution >= 0.6 is 0 Å². The average Bonchev–Trinajstić information content (AvgIpc) is 3.12. The highest BCUT2D eigenvalue weighted by atomic mass is 16.2. The van der Waals surface area contributed by atoms with Crippen molar-refractivity contribution in [2.45, 2.75) is 13.5 Å². The van der Waals surface area contributed by atoms with Crippen LogP contribution in [-0.4, -0.2) is 26.6 Å². The SMILES string of the molecule is Cc1c(CNC(=O)C(=O)Nc2ccc3[nH]ccc3c2)cnn1C. The molecule has 0 aliphatic heterocycles. The van der Waals surface area contributed by atoms with E-state index >= 15 is 0 Å². The van der Waals surface area contributed by atoms with Gasteiger partial charge in [0.2, 0.25) is 0 Å². The number of nitrogens with zero attached hydrogens (tertiary/aromatic N) is 2. The maximum atomic E-state index is 11.9. The number of carbonyl (C=O) groups is 2. The fourth-order valence-electron chi connectivity index (χ4n) is 2.29. The van der Waals surface area contributed by atoms with E-state index in [2.05, 4.69) is 20.7 Å². The highest BCUT2D eigenvalue weighted by Gasteiger charge is 2.14. The van der Waals surface area contributed by atoms with E-state index in [0.29, 0.717) is 5.69 Å². The Labute approximate surface area is 132 Å². The van der Waals surface area contributed by atoms with E-state index in [0.717, 1.165) is 22.2 Å². The van der Waals surface area contributed by atoms with Crippen molar-refractivity contribution < 1.29 is 9.59 Å². The molecule has 0 spiro atoms. The number of hydrogen-bond donors (Lipinski definition) is 3. The maximum absolute atomic E-state index is 11.9. The summed E-state index contributed by atoms with van der Waals surface area (Å²) in [4.78, 5) is 26.9. The first kappa shape index (κ1) is 14.8. The molecule has 2 amide bonds. The van der Waals surface area contributed by atoms with Crippen LogP contribution in [0.3, 0.4) is 0 Å². The molecule has 23 heavy (non-hydrogen) atoms. The van der Waals surface area contributed by atoms with E-state index in [1.807, 2.05) is 38.4 Å². The smallest absolute Gasteiger partial charge is 0.313 e. The van der Waals surface area contributed by atoms with Gasteiger partial charge >= 0.3 is 11.8 Å². The second kappa shape index (κ2) is 5.96. The molecule has 0 aliphatic carbocycles. The van der Waals surface area contributed by atoms with Gasteiger partial charge in [-0.1, -0.05) is 0 Å². The molecule has 7 heteroatoms. The van der Waals surface area contributed by atoms with Crippen molar-refractivity contribution >= 4 is 28.4 Å². The second-order valence-electron chi connectivity index (χ2n) is 5.30. The van der Waals surface area contributed by atoms with E-state index in [9.17, 15) is 9.59 Å². The van der Waals surface area contributed by atoms with Crippen LogP contribution in [-0.2, 0) is 23.2 Å². The van der Waals surface area contributed by atoms with Crippen molar-refractivity contribution in [3.05, 3.63) is 47.9 Å². The number of hydrogen-bond acceptors (Lipinski definition) is 3. The minimum atomic E-state index is -0.693. The van der Waals surface area contributed by atoms with Crippen molar-refractivity contribution in [3.8, 4) is 0 Å². The minimum absolute atomic E-state index is 0.267. The Morgan fingerprint density at radius 3 is 2.83 bits per heavy atom. The number of carbonyl (C=O) groups excluding carboxylic acids is 2. The summed E-state index contributed by atoms with van der Waals surface area (Å²) in [6.45, 7) is 2.17. The van der Waals surface area contributed by atoms with Gasteiger partial charge < -0.3 is 15.6 Å². The summed E-state index contributed by atoms with van der Waals surface area (Å²) in [6, 6.07) is 7.30. The van der Waals surface area contributed by atoms with Gasteiger partial charge in [0.05, 0.1) is 6.20 Å². The standard InChI is InChI=1S/C16H17N5O2/c1-10-12(9-19-21(10)2)8-18-15(22)16(23)20-13-3-4-14-11(7-13)5-6-17-14/h3-7,9,17H,8H2,1-2H3,(H,18,22)(H,20,23). The number of aryl methyl sites for hydroxylation is 1. The molecule has 2 aromatic heterocycles. The lowest BCUT2D eigenvalue weighted by molar-refractivity contribution is -0.136. The summed E-state index contributed by atoms with van der Waals surface area (Å²) in [6.07, 6.45) is 3.49. The summed E-state index contributed by atoms with van der Waals surface area (Å²) >= 11 is 0. The highest BCUT2D eigenvalue weighted by molar-refractivity contribution is 6.39. The zero-order chi connectivity index (χ0) is 16.4. The lowest BCUT2D eigenvalue weighted by Crippen LogP contribution is -2.35. The monoisotopic (exact) mass is 311 g/mol. The summed E-state index contributed by atoms with van der Waals surface area (Å²) in [5.41, 5.74) is 3.38. The number of amides is 2. The molecular weight excluding hydrogens is 294 g/mol. The molecule has 1 aromatic carbocycles. The molecule has 0 saturated carbocycles. The first-order chi connectivity index (χ1) is 11.0. The predicted octanol–water partition coefficient (Wildman–Crippen LogP) is 1.46. The zero-order valence-corrected chi connectivity index (χ0v) is 12.9. The number of aromatic nitrogens is 3. The van der Waals surface area contributed by atoms with E-state index in [1.54, 1.807) is 16.9 Å². The largest absolute Gasteiger partial charge is 0.361 e. The van der Waals surface area contributed by atoms with Gasteiger partial charge in [-0.05, 0) is 31.2 Å². The third-order valence-electron chi connectivity index (χ3n) is 3.79. The molecule has 0 aliphatic rings. The van der Waals surface area contributed by atoms with Crippen LogP contribution in [0.25, 0.3) is 10.9 Å². The van der Waals surface area contributed by atoms with Crippen LogP contribution in [0.15, 0.2) is 36.7 Å². The van der Waals surface area contributed by atoms with E-state index in [4.69, 9.17) is 0 Å². The quantitative estimate of drug-likeness (QED) is 0.640. The van der Waals surface area contributed by atoms with Crippen molar-refractivity contribution in [2.24, 2.45) is 7.05 Å². The highest BCUT2D eigenvalue weighted by Crippen LogP contribution is 2.17. The van der Waals surface area contributed by atoms with Gasteiger partial charge in [0.25, 0.3) is 0 Å². The van der Waals surface area contributed by atoms with Crippen LogP contribution in [0.1, 0.15) is 11.3 Å². The zero-order valence-electron chi connectivity index (χ0n) is 12.9. The lowest BCUT2D eigenvalue weighted by Gasteiger charge is -2.06.